The Balaban J connectivity index is 1.13. The standard InChI is InChI=1S/C105H114N8O8/c1-52(2)65-31-25-32-66(53(3)4)91(65)116-85-46-79-80(47-86(85)117-92-67(54(5)6)33-26-34-68(92)55(7)8)101-109-99(79)107-97-77-44-43-64(105(114)115)45-78(77)98(106-97)108-100-81-48-87(118-93-69(56(9)10)35-27-36-70(93)57(11)12)88(119-94-71(58(13)14)37-28-38-72(94)59(15)16)49-82(81)102(110-100)112-104-84-51-90(121-96-75(62(21)22)41-30-42-76(96)63(23)24)89(50-83(84)103(111-101)113-104)120-95-73(60(17)18)39-29-40-74(95)61(19)20/h25-63H,1-24H3,(H,114,115)(H2,106,107,108,109,110,111,112,113). The molecule has 0 radical (unpaired) electrons. The fraction of sp³-hybridized carbons (Fsp3) is 0.343. The van der Waals surface area contributed by atoms with Gasteiger partial charge in [-0.2, -0.15) is 0 Å². The number of carboxylic acids is 1. The van der Waals surface area contributed by atoms with Gasteiger partial charge in [-0.05, 0) is 192 Å². The van der Waals surface area contributed by atoms with Gasteiger partial charge in [0.05, 0.1) is 5.56 Å². The van der Waals surface area contributed by atoms with Crippen molar-refractivity contribution >= 4 is 50.1 Å². The minimum absolute atomic E-state index is 0.0348. The number of fused-ring (bicyclic) bond motifs is 20. The van der Waals surface area contributed by atoms with Crippen LogP contribution >= 0.6 is 0 Å². The van der Waals surface area contributed by atoms with Gasteiger partial charge < -0.3 is 43.5 Å². The van der Waals surface area contributed by atoms with Gasteiger partial charge in [-0.15, -0.1) is 0 Å². The average Bonchev–Trinajstić information content (AvgIpc) is 1.58. The monoisotopic (exact) mass is 1610 g/mol. The molecule has 0 spiro atoms. The second-order valence-corrected chi connectivity index (χ2v) is 36.3. The molecule has 121 heavy (non-hydrogen) atoms. The number of carboxylic acid groups (broad SMARTS) is 1. The van der Waals surface area contributed by atoms with E-state index < -0.39 is 5.97 Å². The van der Waals surface area contributed by atoms with Crippen molar-refractivity contribution in [3.63, 3.8) is 0 Å². The molecule has 0 fully saturated rings. The molecule has 2 aliphatic heterocycles. The number of ether oxygens (including phenoxy) is 6. The Labute approximate surface area is 712 Å². The van der Waals surface area contributed by atoms with Gasteiger partial charge in [-0.25, -0.2) is 34.7 Å². The van der Waals surface area contributed by atoms with Gasteiger partial charge in [0.1, 0.15) is 57.1 Å². The smallest absolute Gasteiger partial charge is 0.335 e. The summed E-state index contributed by atoms with van der Waals surface area (Å²) in [5.74, 6) is 7.84. The number of nitrogens with zero attached hydrogens (tertiary/aromatic N) is 6. The normalized spacial score (nSPS) is 12.3. The first kappa shape index (κ1) is 83.9. The molecule has 3 aromatic heterocycles. The Kier molecular flexibility index (Phi) is 23.4. The second kappa shape index (κ2) is 33.8. The third-order valence-corrected chi connectivity index (χ3v) is 23.5. The lowest BCUT2D eigenvalue weighted by Gasteiger charge is -2.24. The number of H-pyrrole nitrogens is 2. The van der Waals surface area contributed by atoms with E-state index >= 15 is 0 Å². The fourth-order valence-electron chi connectivity index (χ4n) is 16.7. The number of nitrogens with one attached hydrogen (secondary N) is 2. The van der Waals surface area contributed by atoms with E-state index in [2.05, 4.69) is 285 Å². The number of hydrogen-bond donors (Lipinski definition) is 3. The highest BCUT2D eigenvalue weighted by molar-refractivity contribution is 6.08. The summed E-state index contributed by atoms with van der Waals surface area (Å²) in [5.41, 5.74) is 16.0. The number of aromatic amines is 2. The summed E-state index contributed by atoms with van der Waals surface area (Å²) < 4.78 is 45.5. The Morgan fingerprint density at radius 1 is 0.240 bits per heavy atom. The number of para-hydroxylation sites is 6. The zero-order valence-corrected chi connectivity index (χ0v) is 74.5. The number of rotatable bonds is 25. The van der Waals surface area contributed by atoms with E-state index in [9.17, 15) is 9.90 Å². The molecule has 0 atom stereocenters. The predicted octanol–water partition coefficient (Wildman–Crippen LogP) is 30.8. The molecular formula is C105H114N8O8. The molecule has 16 nitrogen and oxygen atoms in total. The van der Waals surface area contributed by atoms with Crippen LogP contribution in [0.15, 0.2) is 164 Å². The zero-order chi connectivity index (χ0) is 86.2. The maximum Gasteiger partial charge on any atom is 0.335 e. The van der Waals surface area contributed by atoms with Crippen molar-refractivity contribution in [2.24, 2.45) is 0 Å². The van der Waals surface area contributed by atoms with E-state index in [1.54, 1.807) is 18.2 Å². The molecule has 15 rings (SSSR count). The Morgan fingerprint density at radius 2 is 0.421 bits per heavy atom. The summed E-state index contributed by atoms with van der Waals surface area (Å²) in [6.07, 6.45) is 0. The number of aromatic carboxylic acids is 1. The number of benzene rings is 10. The summed E-state index contributed by atoms with van der Waals surface area (Å²) in [4.78, 5) is 54.7. The van der Waals surface area contributed by atoms with Crippen molar-refractivity contribution in [1.29, 1.82) is 0 Å². The molecule has 10 aromatic carbocycles. The summed E-state index contributed by atoms with van der Waals surface area (Å²) in [5, 5.41) is 13.3. The molecule has 622 valence electrons. The van der Waals surface area contributed by atoms with Crippen molar-refractivity contribution in [1.82, 2.24) is 39.9 Å². The molecule has 3 N–H and O–H groups in total. The molecule has 2 aliphatic rings. The maximum atomic E-state index is 13.3. The van der Waals surface area contributed by atoms with Crippen LogP contribution in [0.25, 0.3) is 89.7 Å². The Bertz CT molecular complexity index is 6230. The van der Waals surface area contributed by atoms with Crippen LogP contribution in [0, 0.1) is 0 Å². The molecule has 13 aromatic rings. The van der Waals surface area contributed by atoms with Crippen molar-refractivity contribution < 1.29 is 38.3 Å². The first-order valence-electron chi connectivity index (χ1n) is 43.3. The highest BCUT2D eigenvalue weighted by atomic mass is 16.5. The van der Waals surface area contributed by atoms with E-state index in [0.29, 0.717) is 107 Å². The Hall–Kier alpha value is -12.2. The van der Waals surface area contributed by atoms with Gasteiger partial charge in [-0.1, -0.05) is 275 Å². The lowest BCUT2D eigenvalue weighted by molar-refractivity contribution is 0.0696. The van der Waals surface area contributed by atoms with Gasteiger partial charge in [0.15, 0.2) is 57.8 Å². The van der Waals surface area contributed by atoms with Crippen LogP contribution in [-0.4, -0.2) is 50.9 Å². The van der Waals surface area contributed by atoms with Crippen LogP contribution in [-0.2, 0) is 0 Å². The van der Waals surface area contributed by atoms with E-state index in [0.717, 1.165) is 101 Å². The van der Waals surface area contributed by atoms with Gasteiger partial charge >= 0.3 is 5.97 Å². The minimum Gasteiger partial charge on any atom is -0.478 e. The fourth-order valence-corrected chi connectivity index (χ4v) is 16.7. The second-order valence-electron chi connectivity index (χ2n) is 36.3. The van der Waals surface area contributed by atoms with E-state index in [1.165, 1.54) is 0 Å². The largest absolute Gasteiger partial charge is 0.478 e. The highest BCUT2D eigenvalue weighted by Gasteiger charge is 2.33. The van der Waals surface area contributed by atoms with Crippen LogP contribution in [0.3, 0.4) is 0 Å². The van der Waals surface area contributed by atoms with E-state index in [1.807, 2.05) is 36.4 Å². The van der Waals surface area contributed by atoms with Crippen molar-refractivity contribution in [2.45, 2.75) is 237 Å². The molecule has 0 saturated heterocycles. The molecule has 0 unspecified atom stereocenters. The maximum absolute atomic E-state index is 13.3. The zero-order valence-electron chi connectivity index (χ0n) is 74.5. The summed E-state index contributed by atoms with van der Waals surface area (Å²) >= 11 is 0. The van der Waals surface area contributed by atoms with Gasteiger partial charge in [-0.3, -0.25) is 0 Å². The van der Waals surface area contributed by atoms with Crippen molar-refractivity contribution in [3.8, 4) is 115 Å². The average molecular weight is 1620 g/mol. The SMILES string of the molecule is CC(C)c1cccc(C(C)C)c1Oc1cc2c(cc1Oc1c(C(C)C)cccc1C(C)C)-c1nc-2nc2[nH]c(nc3nc(nc4[nH]c(n1)c1cc(Oc5c(C(C)C)cccc5C(C)C)c(Oc5c(C(C)C)cccc5C(C)C)cc41)-c1cc(C(=O)O)ccc1-3)c1cc(Oc3c(C(C)C)cccc3C(C)C)c(Oc3c(C(C)C)cccc3C(C)C)cc21. The highest BCUT2D eigenvalue weighted by Crippen LogP contribution is 2.54. The number of hydrogen-bond acceptors (Lipinski definition) is 13. The molecule has 0 saturated carbocycles. The van der Waals surface area contributed by atoms with Gasteiger partial charge in [0, 0.05) is 43.8 Å². The number of aromatic nitrogens is 8. The van der Waals surface area contributed by atoms with Crippen LogP contribution in [0.4, 0.5) is 0 Å². The van der Waals surface area contributed by atoms with Gasteiger partial charge in [0.2, 0.25) is 0 Å². The van der Waals surface area contributed by atoms with E-state index in [4.69, 9.17) is 58.3 Å². The molecule has 0 aliphatic carbocycles. The van der Waals surface area contributed by atoms with Crippen LogP contribution in [0.5, 0.6) is 69.0 Å². The van der Waals surface area contributed by atoms with Crippen molar-refractivity contribution in [3.05, 3.63) is 236 Å². The number of carbonyl (C=O) groups is 1. The molecular weight excluding hydrogens is 1500 g/mol. The van der Waals surface area contributed by atoms with Gasteiger partial charge in [0.25, 0.3) is 0 Å². The first-order chi connectivity index (χ1) is 57.7. The minimum atomic E-state index is -1.12. The third-order valence-electron chi connectivity index (χ3n) is 23.5. The summed E-state index contributed by atoms with van der Waals surface area (Å²) in [6.45, 7) is 52.5. The third kappa shape index (κ3) is 16.2. The van der Waals surface area contributed by atoms with Crippen LogP contribution in [0.2, 0.25) is 0 Å². The van der Waals surface area contributed by atoms with Crippen molar-refractivity contribution in [2.75, 3.05) is 0 Å². The molecule has 0 amide bonds. The Morgan fingerprint density at radius 3 is 0.612 bits per heavy atom. The molecule has 16 heteroatoms. The summed E-state index contributed by atoms with van der Waals surface area (Å²) in [6, 6.07) is 55.2. The first-order valence-corrected chi connectivity index (χ1v) is 43.3. The van der Waals surface area contributed by atoms with E-state index in [-0.39, 0.29) is 94.1 Å². The summed E-state index contributed by atoms with van der Waals surface area (Å²) in [7, 11) is 0. The van der Waals surface area contributed by atoms with Crippen LogP contribution in [0.1, 0.15) is 314 Å². The lowest BCUT2D eigenvalue weighted by Crippen LogP contribution is -2.04. The molecule has 8 bridgehead atoms. The quantitative estimate of drug-likeness (QED) is 0.0488. The predicted molar refractivity (Wildman–Crippen MR) is 491 cm³/mol. The van der Waals surface area contributed by atoms with Crippen LogP contribution < -0.4 is 28.4 Å². The molecule has 5 heterocycles. The topological polar surface area (TPSA) is 202 Å². The lowest BCUT2D eigenvalue weighted by atomic mass is 9.93.